The highest BCUT2D eigenvalue weighted by atomic mass is 16.5. The largest absolute Gasteiger partial charge is 0.507 e. The van der Waals surface area contributed by atoms with Crippen molar-refractivity contribution in [1.29, 1.82) is 0 Å². The Morgan fingerprint density at radius 3 is 2.03 bits per heavy atom. The van der Waals surface area contributed by atoms with E-state index in [1.807, 2.05) is 0 Å². The fourth-order valence-electron chi connectivity index (χ4n) is 5.00. The third-order valence-electron chi connectivity index (χ3n) is 7.18. The summed E-state index contributed by atoms with van der Waals surface area (Å²) in [6.07, 6.45) is 11.6. The van der Waals surface area contributed by atoms with Crippen LogP contribution in [0.2, 0.25) is 0 Å². The average Bonchev–Trinajstić information content (AvgIpc) is 3.19. The van der Waals surface area contributed by atoms with Crippen molar-refractivity contribution in [2.24, 2.45) is 0 Å². The number of hydrogen-bond donors (Lipinski definition) is 2. The Morgan fingerprint density at radius 2 is 1.45 bits per heavy atom. The van der Waals surface area contributed by atoms with Crippen LogP contribution >= 0.6 is 0 Å². The van der Waals surface area contributed by atoms with Gasteiger partial charge in [-0.2, -0.15) is 0 Å². The predicted octanol–water partition coefficient (Wildman–Crippen LogP) is 6.75. The molecule has 1 aliphatic rings. The minimum absolute atomic E-state index is 0.0278. The van der Waals surface area contributed by atoms with Gasteiger partial charge in [0.15, 0.2) is 11.5 Å². The van der Waals surface area contributed by atoms with Gasteiger partial charge in [-0.3, -0.25) is 9.59 Å². The number of nitrogens with zero attached hydrogens (tertiary/aromatic N) is 1. The Balaban J connectivity index is 1.79. The molecule has 0 spiro atoms. The molecule has 1 heterocycles. The number of rotatable bonds is 15. The summed E-state index contributed by atoms with van der Waals surface area (Å²) in [5, 5.41) is 21.3. The molecule has 1 atom stereocenters. The zero-order chi connectivity index (χ0) is 27.5. The molecule has 1 amide bonds. The first-order valence-corrected chi connectivity index (χ1v) is 13.7. The van der Waals surface area contributed by atoms with E-state index < -0.39 is 17.7 Å². The smallest absolute Gasteiger partial charge is 0.295 e. The molecule has 2 aromatic carbocycles. The van der Waals surface area contributed by atoms with E-state index in [4.69, 9.17) is 9.47 Å². The molecule has 3 rings (SSSR count). The standard InChI is InChI=1S/C31H41NO6/c1-4-5-6-7-8-9-10-11-12-13-20-32-28(23-16-19-25(33)26(21-23)38-3)27(30(35)31(32)36)29(34)22-14-17-24(37-2)18-15-22/h14-19,21,28,33-34H,4-13,20H2,1-3H3/t28-/m1/s1. The number of benzene rings is 2. The van der Waals surface area contributed by atoms with Gasteiger partial charge in [-0.25, -0.2) is 0 Å². The van der Waals surface area contributed by atoms with Crippen LogP contribution in [0.4, 0.5) is 0 Å². The number of hydrogen-bond acceptors (Lipinski definition) is 6. The molecule has 0 radical (unpaired) electrons. The number of Topliss-reactive ketones (excluding diaryl/α,β-unsaturated/α-hetero) is 1. The van der Waals surface area contributed by atoms with Gasteiger partial charge in [0, 0.05) is 12.1 Å². The summed E-state index contributed by atoms with van der Waals surface area (Å²) < 4.78 is 10.5. The number of aliphatic hydroxyl groups is 1. The predicted molar refractivity (Wildman–Crippen MR) is 149 cm³/mol. The Labute approximate surface area is 226 Å². The van der Waals surface area contributed by atoms with E-state index in [0.717, 1.165) is 19.3 Å². The van der Waals surface area contributed by atoms with Gasteiger partial charge in [-0.05, 0) is 48.4 Å². The van der Waals surface area contributed by atoms with Crippen LogP contribution in [0.15, 0.2) is 48.0 Å². The van der Waals surface area contributed by atoms with E-state index in [1.54, 1.807) is 43.5 Å². The highest BCUT2D eigenvalue weighted by Gasteiger charge is 2.46. The van der Waals surface area contributed by atoms with Crippen LogP contribution in [0.25, 0.3) is 5.76 Å². The van der Waals surface area contributed by atoms with Crippen molar-refractivity contribution < 1.29 is 29.3 Å². The summed E-state index contributed by atoms with van der Waals surface area (Å²) in [4.78, 5) is 27.9. The summed E-state index contributed by atoms with van der Waals surface area (Å²) in [5.74, 6) is -0.790. The van der Waals surface area contributed by atoms with Crippen LogP contribution in [0.5, 0.6) is 17.2 Å². The van der Waals surface area contributed by atoms with Gasteiger partial charge in [0.2, 0.25) is 0 Å². The number of aliphatic hydroxyl groups excluding tert-OH is 1. The van der Waals surface area contributed by atoms with Crippen LogP contribution in [-0.4, -0.2) is 47.6 Å². The van der Waals surface area contributed by atoms with E-state index in [2.05, 4.69) is 6.92 Å². The third-order valence-corrected chi connectivity index (χ3v) is 7.18. The molecule has 0 bridgehead atoms. The number of ether oxygens (including phenoxy) is 2. The van der Waals surface area contributed by atoms with Gasteiger partial charge in [-0.1, -0.05) is 70.8 Å². The minimum atomic E-state index is -0.787. The van der Waals surface area contributed by atoms with Gasteiger partial charge in [-0.15, -0.1) is 0 Å². The number of phenolic OH excluding ortho intramolecular Hbond substituents is 1. The fraction of sp³-hybridized carbons (Fsp3) is 0.484. The number of amides is 1. The molecular weight excluding hydrogens is 482 g/mol. The fourth-order valence-corrected chi connectivity index (χ4v) is 5.00. The van der Waals surface area contributed by atoms with Crippen LogP contribution in [0.3, 0.4) is 0 Å². The van der Waals surface area contributed by atoms with Crippen molar-refractivity contribution in [3.05, 3.63) is 59.2 Å². The first kappa shape index (κ1) is 29.1. The molecule has 1 saturated heterocycles. The molecule has 0 unspecified atom stereocenters. The van der Waals surface area contributed by atoms with Crippen molar-refractivity contribution >= 4 is 17.4 Å². The molecule has 7 heteroatoms. The number of methoxy groups -OCH3 is 2. The number of carbonyl (C=O) groups excluding carboxylic acids is 2. The lowest BCUT2D eigenvalue weighted by molar-refractivity contribution is -0.139. The quantitative estimate of drug-likeness (QED) is 0.116. The average molecular weight is 524 g/mol. The molecule has 38 heavy (non-hydrogen) atoms. The summed E-state index contributed by atoms with van der Waals surface area (Å²) in [5.41, 5.74) is 1.03. The van der Waals surface area contributed by atoms with Gasteiger partial charge >= 0.3 is 0 Å². The van der Waals surface area contributed by atoms with E-state index in [1.165, 1.54) is 63.0 Å². The highest BCUT2D eigenvalue weighted by Crippen LogP contribution is 2.42. The molecule has 0 saturated carbocycles. The summed E-state index contributed by atoms with van der Waals surface area (Å²) in [7, 11) is 2.99. The van der Waals surface area contributed by atoms with Crippen molar-refractivity contribution in [1.82, 2.24) is 4.90 Å². The second-order valence-electron chi connectivity index (χ2n) is 9.83. The zero-order valence-electron chi connectivity index (χ0n) is 22.9. The van der Waals surface area contributed by atoms with E-state index >= 15 is 0 Å². The van der Waals surface area contributed by atoms with E-state index in [0.29, 0.717) is 23.4 Å². The minimum Gasteiger partial charge on any atom is -0.507 e. The molecule has 0 aromatic heterocycles. The van der Waals surface area contributed by atoms with Crippen molar-refractivity contribution in [2.75, 3.05) is 20.8 Å². The lowest BCUT2D eigenvalue weighted by Crippen LogP contribution is -2.30. The van der Waals surface area contributed by atoms with Gasteiger partial charge < -0.3 is 24.6 Å². The maximum atomic E-state index is 13.2. The number of aromatic hydroxyl groups is 1. The lowest BCUT2D eigenvalue weighted by Gasteiger charge is -2.26. The first-order chi connectivity index (χ1) is 18.4. The third kappa shape index (κ3) is 7.09. The zero-order valence-corrected chi connectivity index (χ0v) is 22.9. The summed E-state index contributed by atoms with van der Waals surface area (Å²) in [6, 6.07) is 10.6. The van der Waals surface area contributed by atoms with Crippen LogP contribution in [0.1, 0.15) is 88.3 Å². The first-order valence-electron chi connectivity index (χ1n) is 13.7. The van der Waals surface area contributed by atoms with E-state index in [9.17, 15) is 19.8 Å². The highest BCUT2D eigenvalue weighted by molar-refractivity contribution is 6.46. The molecule has 206 valence electrons. The molecule has 7 nitrogen and oxygen atoms in total. The molecule has 1 fully saturated rings. The number of ketones is 1. The second-order valence-corrected chi connectivity index (χ2v) is 9.83. The second kappa shape index (κ2) is 14.5. The van der Waals surface area contributed by atoms with Crippen molar-refractivity contribution in [3.8, 4) is 17.2 Å². The summed E-state index contributed by atoms with van der Waals surface area (Å²) in [6.45, 7) is 2.62. The molecule has 0 aliphatic carbocycles. The SMILES string of the molecule is CCCCCCCCCCCCN1C(=O)C(=O)C(=C(O)c2ccc(OC)cc2)[C@H]1c1ccc(O)c(OC)c1. The van der Waals surface area contributed by atoms with Crippen LogP contribution in [0, 0.1) is 0 Å². The maximum Gasteiger partial charge on any atom is 0.295 e. The van der Waals surface area contributed by atoms with Crippen molar-refractivity contribution in [2.45, 2.75) is 77.2 Å². The molecule has 2 N–H and O–H groups in total. The number of phenols is 1. The lowest BCUT2D eigenvalue weighted by atomic mass is 9.95. The number of carbonyl (C=O) groups is 2. The Morgan fingerprint density at radius 1 is 0.842 bits per heavy atom. The van der Waals surface area contributed by atoms with Gasteiger partial charge in [0.05, 0.1) is 25.8 Å². The van der Waals surface area contributed by atoms with Crippen molar-refractivity contribution in [3.63, 3.8) is 0 Å². The van der Waals surface area contributed by atoms with Crippen LogP contribution in [-0.2, 0) is 9.59 Å². The van der Waals surface area contributed by atoms with Gasteiger partial charge in [0.1, 0.15) is 11.5 Å². The maximum absolute atomic E-state index is 13.2. The molecule has 2 aromatic rings. The van der Waals surface area contributed by atoms with Crippen LogP contribution < -0.4 is 9.47 Å². The number of likely N-dealkylation sites (tertiary alicyclic amines) is 1. The Kier molecular flexibility index (Phi) is 11.1. The molecule has 1 aliphatic heterocycles. The number of unbranched alkanes of at least 4 members (excludes halogenated alkanes) is 9. The molecular formula is C31H41NO6. The van der Waals surface area contributed by atoms with Gasteiger partial charge in [0.25, 0.3) is 11.7 Å². The topological polar surface area (TPSA) is 96.3 Å². The van der Waals surface area contributed by atoms with E-state index in [-0.39, 0.29) is 22.8 Å². The normalized spacial score (nSPS) is 16.7. The Hall–Kier alpha value is -3.48. The monoisotopic (exact) mass is 523 g/mol. The summed E-state index contributed by atoms with van der Waals surface area (Å²) >= 11 is 0. The Bertz CT molecular complexity index is 1110.